The third-order valence-corrected chi connectivity index (χ3v) is 9.03. The fourth-order valence-electron chi connectivity index (χ4n) is 6.40. The first-order chi connectivity index (χ1) is 18.9. The number of aliphatic carboxylic acids is 1. The summed E-state index contributed by atoms with van der Waals surface area (Å²) in [7, 11) is 0. The monoisotopic (exact) mass is 553 g/mol. The van der Waals surface area contributed by atoms with Crippen LogP contribution in [0.2, 0.25) is 5.02 Å². The summed E-state index contributed by atoms with van der Waals surface area (Å²) in [6, 6.07) is 11.0. The van der Waals surface area contributed by atoms with Gasteiger partial charge in [-0.05, 0) is 93.0 Å². The fourth-order valence-corrected chi connectivity index (χ4v) is 6.61. The maximum absolute atomic E-state index is 13.4. The van der Waals surface area contributed by atoms with Crippen LogP contribution in [0.4, 0.5) is 5.82 Å². The number of carboxylic acids is 1. The summed E-state index contributed by atoms with van der Waals surface area (Å²) >= 11 is 6.16. The number of aryl methyl sites for hydroxylation is 2. The second-order valence-corrected chi connectivity index (χ2v) is 12.1. The zero-order valence-corrected chi connectivity index (χ0v) is 23.3. The Hall–Kier alpha value is -2.64. The van der Waals surface area contributed by atoms with Crippen LogP contribution in [0.3, 0.4) is 0 Å². The van der Waals surface area contributed by atoms with Crippen molar-refractivity contribution in [2.75, 3.05) is 18.5 Å². The Morgan fingerprint density at radius 3 is 2.77 bits per heavy atom. The standard InChI is InChI=1S/C31H40ClN3O4/c32-24-7-3-5-22(17-24)20-31(13-1-2-14-31)30(38)35-27(29(36)37)12-16-39-26-18-21(19-26)8-10-25-11-9-23-6-4-15-33-28(23)34-25/h3,5,7,9,11,17,21,26-27H,1-2,4,6,8,10,12-16,18-20H2,(H,33,34)(H,35,38)(H,36,37). The van der Waals surface area contributed by atoms with E-state index in [1.807, 2.05) is 24.3 Å². The average molecular weight is 554 g/mol. The highest BCUT2D eigenvalue weighted by atomic mass is 35.5. The Morgan fingerprint density at radius 2 is 2.00 bits per heavy atom. The molecule has 0 bridgehead atoms. The Labute approximate surface area is 236 Å². The third kappa shape index (κ3) is 7.12. The SMILES string of the molecule is O=C(O)C(CCOC1CC(CCc2ccc3c(n2)NCCC3)C1)NC(=O)C1(Cc2cccc(Cl)c2)CCCC1. The quantitative estimate of drug-likeness (QED) is 0.317. The smallest absolute Gasteiger partial charge is 0.326 e. The van der Waals surface area contributed by atoms with Crippen molar-refractivity contribution in [3.8, 4) is 0 Å². The number of halogens is 1. The summed E-state index contributed by atoms with van der Waals surface area (Å²) in [5.41, 5.74) is 2.89. The molecule has 2 aliphatic carbocycles. The van der Waals surface area contributed by atoms with Crippen LogP contribution in [-0.2, 0) is 33.6 Å². The number of hydrogen-bond acceptors (Lipinski definition) is 5. The van der Waals surface area contributed by atoms with Gasteiger partial charge in [0.2, 0.25) is 5.91 Å². The fraction of sp³-hybridized carbons (Fsp3) is 0.581. The van der Waals surface area contributed by atoms with Gasteiger partial charge in [0.1, 0.15) is 11.9 Å². The number of pyridine rings is 1. The molecule has 1 aromatic carbocycles. The maximum Gasteiger partial charge on any atom is 0.326 e. The molecule has 2 aromatic rings. The van der Waals surface area contributed by atoms with Crippen LogP contribution >= 0.6 is 11.6 Å². The summed E-state index contributed by atoms with van der Waals surface area (Å²) < 4.78 is 6.00. The normalized spacial score (nSPS) is 22.3. The van der Waals surface area contributed by atoms with E-state index in [9.17, 15) is 14.7 Å². The lowest BCUT2D eigenvalue weighted by Crippen LogP contribution is -2.49. The molecule has 1 amide bonds. The molecule has 1 atom stereocenters. The Kier molecular flexibility index (Phi) is 9.08. The van der Waals surface area contributed by atoms with Crippen molar-refractivity contribution in [2.24, 2.45) is 11.3 Å². The molecule has 1 unspecified atom stereocenters. The molecule has 210 valence electrons. The number of nitrogens with zero attached hydrogens (tertiary/aromatic N) is 1. The largest absolute Gasteiger partial charge is 0.480 e. The summed E-state index contributed by atoms with van der Waals surface area (Å²) in [6.45, 7) is 1.33. The Morgan fingerprint density at radius 1 is 1.18 bits per heavy atom. The molecule has 0 radical (unpaired) electrons. The number of ether oxygens (including phenoxy) is 1. The lowest BCUT2D eigenvalue weighted by atomic mass is 9.78. The van der Waals surface area contributed by atoms with Crippen molar-refractivity contribution >= 4 is 29.3 Å². The number of nitrogens with one attached hydrogen (secondary N) is 2. The van der Waals surface area contributed by atoms with Gasteiger partial charge < -0.3 is 20.5 Å². The summed E-state index contributed by atoms with van der Waals surface area (Å²) in [5.74, 6) is 0.491. The molecular formula is C31H40ClN3O4. The van der Waals surface area contributed by atoms with Crippen molar-refractivity contribution < 1.29 is 19.4 Å². The van der Waals surface area contributed by atoms with Crippen molar-refractivity contribution in [2.45, 2.75) is 89.2 Å². The molecule has 8 heteroatoms. The highest BCUT2D eigenvalue weighted by Crippen LogP contribution is 2.42. The van der Waals surface area contributed by atoms with Gasteiger partial charge in [-0.2, -0.15) is 0 Å². The topological polar surface area (TPSA) is 101 Å². The van der Waals surface area contributed by atoms with Gasteiger partial charge in [-0.3, -0.25) is 4.79 Å². The number of carboxylic acid groups (broad SMARTS) is 1. The van der Waals surface area contributed by atoms with E-state index < -0.39 is 17.4 Å². The van der Waals surface area contributed by atoms with Crippen molar-refractivity contribution in [3.05, 3.63) is 58.2 Å². The van der Waals surface area contributed by atoms with Gasteiger partial charge in [-0.15, -0.1) is 0 Å². The van der Waals surface area contributed by atoms with E-state index in [0.717, 1.165) is 81.4 Å². The van der Waals surface area contributed by atoms with Gasteiger partial charge in [0.05, 0.1) is 11.5 Å². The van der Waals surface area contributed by atoms with Crippen LogP contribution in [-0.4, -0.2) is 47.3 Å². The van der Waals surface area contributed by atoms with E-state index in [-0.39, 0.29) is 18.4 Å². The van der Waals surface area contributed by atoms with Gasteiger partial charge in [0.25, 0.3) is 0 Å². The minimum Gasteiger partial charge on any atom is -0.480 e. The van der Waals surface area contributed by atoms with Crippen molar-refractivity contribution in [1.29, 1.82) is 0 Å². The summed E-state index contributed by atoms with van der Waals surface area (Å²) in [4.78, 5) is 30.2. The molecule has 3 aliphatic rings. The first kappa shape index (κ1) is 27.9. The van der Waals surface area contributed by atoms with Crippen LogP contribution < -0.4 is 10.6 Å². The number of carbonyl (C=O) groups is 2. The van der Waals surface area contributed by atoms with Gasteiger partial charge >= 0.3 is 5.97 Å². The predicted molar refractivity (Wildman–Crippen MR) is 152 cm³/mol. The van der Waals surface area contributed by atoms with Gasteiger partial charge in [0, 0.05) is 30.3 Å². The minimum atomic E-state index is -1.01. The molecule has 2 saturated carbocycles. The van der Waals surface area contributed by atoms with E-state index in [0.29, 0.717) is 24.0 Å². The van der Waals surface area contributed by atoms with Crippen LogP contribution in [0.1, 0.15) is 74.6 Å². The number of carbonyl (C=O) groups excluding carboxylic acids is 1. The highest BCUT2D eigenvalue weighted by molar-refractivity contribution is 6.30. The number of benzene rings is 1. The van der Waals surface area contributed by atoms with E-state index in [4.69, 9.17) is 21.3 Å². The van der Waals surface area contributed by atoms with Crippen LogP contribution in [0.15, 0.2) is 36.4 Å². The van der Waals surface area contributed by atoms with Gasteiger partial charge in [-0.25, -0.2) is 9.78 Å². The number of rotatable bonds is 12. The molecule has 1 aliphatic heterocycles. The lowest BCUT2D eigenvalue weighted by Gasteiger charge is -2.35. The molecule has 7 nitrogen and oxygen atoms in total. The van der Waals surface area contributed by atoms with E-state index in [1.54, 1.807) is 0 Å². The van der Waals surface area contributed by atoms with Crippen molar-refractivity contribution in [1.82, 2.24) is 10.3 Å². The Bertz CT molecular complexity index is 1160. The molecule has 2 fully saturated rings. The predicted octanol–water partition coefficient (Wildman–Crippen LogP) is 5.58. The zero-order chi connectivity index (χ0) is 27.2. The number of fused-ring (bicyclic) bond motifs is 1. The maximum atomic E-state index is 13.4. The Balaban J connectivity index is 1.04. The molecule has 1 aromatic heterocycles. The number of hydrogen-bond donors (Lipinski definition) is 3. The molecular weight excluding hydrogens is 514 g/mol. The van der Waals surface area contributed by atoms with E-state index in [1.165, 1.54) is 12.0 Å². The molecule has 3 N–H and O–H groups in total. The van der Waals surface area contributed by atoms with Gasteiger partial charge in [-0.1, -0.05) is 42.6 Å². The third-order valence-electron chi connectivity index (χ3n) is 8.79. The second kappa shape index (κ2) is 12.7. The molecule has 2 heterocycles. The van der Waals surface area contributed by atoms with Crippen LogP contribution in [0, 0.1) is 11.3 Å². The number of aromatic nitrogens is 1. The average Bonchev–Trinajstić information content (AvgIpc) is 3.38. The second-order valence-electron chi connectivity index (χ2n) is 11.7. The van der Waals surface area contributed by atoms with Crippen LogP contribution in [0.5, 0.6) is 0 Å². The van der Waals surface area contributed by atoms with E-state index >= 15 is 0 Å². The summed E-state index contributed by atoms with van der Waals surface area (Å²) in [5, 5.41) is 16.7. The minimum absolute atomic E-state index is 0.165. The van der Waals surface area contributed by atoms with Gasteiger partial charge in [0.15, 0.2) is 0 Å². The molecule has 0 spiro atoms. The molecule has 5 rings (SSSR count). The zero-order valence-electron chi connectivity index (χ0n) is 22.6. The molecule has 0 saturated heterocycles. The number of amides is 1. The molecule has 39 heavy (non-hydrogen) atoms. The van der Waals surface area contributed by atoms with Crippen LogP contribution in [0.25, 0.3) is 0 Å². The lowest BCUT2D eigenvalue weighted by molar-refractivity contribution is -0.145. The first-order valence-corrected chi connectivity index (χ1v) is 14.9. The first-order valence-electron chi connectivity index (χ1n) is 14.5. The summed E-state index contributed by atoms with van der Waals surface area (Å²) in [6.07, 6.45) is 10.8. The highest BCUT2D eigenvalue weighted by Gasteiger charge is 2.42. The van der Waals surface area contributed by atoms with Crippen molar-refractivity contribution in [3.63, 3.8) is 0 Å². The number of anilines is 1. The van der Waals surface area contributed by atoms with E-state index in [2.05, 4.69) is 22.8 Å².